The maximum absolute atomic E-state index is 13.2. The fraction of sp³-hybridized carbons (Fsp3) is 0.421. The lowest BCUT2D eigenvalue weighted by atomic mass is 10.0. The van der Waals surface area contributed by atoms with Crippen LogP contribution in [0.25, 0.3) is 5.69 Å². The number of carbonyl (C=O) groups excluding carboxylic acids is 2. The average molecular weight is 373 g/mol. The summed E-state index contributed by atoms with van der Waals surface area (Å²) in [6, 6.07) is 6.07. The summed E-state index contributed by atoms with van der Waals surface area (Å²) >= 11 is 0. The number of aromatic nitrogens is 2. The van der Waals surface area contributed by atoms with Gasteiger partial charge in [-0.25, -0.2) is 9.07 Å². The molecule has 0 radical (unpaired) electrons. The quantitative estimate of drug-likeness (QED) is 0.797. The highest BCUT2D eigenvalue weighted by Gasteiger charge is 2.24. The number of hydrogen-bond donors (Lipinski definition) is 2. The predicted octanol–water partition coefficient (Wildman–Crippen LogP) is 1.25. The lowest BCUT2D eigenvalue weighted by Gasteiger charge is -2.31. The Morgan fingerprint density at radius 2 is 1.93 bits per heavy atom. The molecule has 1 aromatic heterocycles. The van der Waals surface area contributed by atoms with E-state index in [1.807, 2.05) is 11.8 Å². The van der Waals surface area contributed by atoms with Crippen LogP contribution in [0.2, 0.25) is 0 Å². The Morgan fingerprint density at radius 1 is 1.26 bits per heavy atom. The highest BCUT2D eigenvalue weighted by atomic mass is 19.1. The fourth-order valence-corrected chi connectivity index (χ4v) is 3.43. The summed E-state index contributed by atoms with van der Waals surface area (Å²) in [5.41, 5.74) is 7.25. The molecular formula is C19H24FN5O2. The molecule has 3 N–H and O–H groups in total. The Kier molecular flexibility index (Phi) is 5.85. The molecule has 7 nitrogen and oxygen atoms in total. The van der Waals surface area contributed by atoms with Crippen molar-refractivity contribution in [2.24, 2.45) is 5.73 Å². The number of nitrogens with zero attached hydrogens (tertiary/aromatic N) is 3. The van der Waals surface area contributed by atoms with Crippen LogP contribution in [0, 0.1) is 5.82 Å². The van der Waals surface area contributed by atoms with E-state index in [2.05, 4.69) is 10.4 Å². The molecule has 2 amide bonds. The molecule has 144 valence electrons. The van der Waals surface area contributed by atoms with Crippen LogP contribution in [0.1, 0.15) is 35.8 Å². The van der Waals surface area contributed by atoms with Crippen molar-refractivity contribution in [3.05, 3.63) is 47.5 Å². The Hall–Kier alpha value is -2.74. The number of amides is 2. The number of hydrogen-bond acceptors (Lipinski definition) is 4. The second-order valence-corrected chi connectivity index (χ2v) is 6.74. The molecule has 1 aromatic carbocycles. The smallest absolute Gasteiger partial charge is 0.254 e. The van der Waals surface area contributed by atoms with Gasteiger partial charge in [0.2, 0.25) is 5.91 Å². The number of piperidine rings is 1. The molecule has 2 aromatic rings. The largest absolute Gasteiger partial charge is 0.369 e. The van der Waals surface area contributed by atoms with Gasteiger partial charge in [0.25, 0.3) is 5.91 Å². The van der Waals surface area contributed by atoms with Crippen LogP contribution >= 0.6 is 0 Å². The second kappa shape index (κ2) is 8.30. The van der Waals surface area contributed by atoms with Crippen molar-refractivity contribution in [1.82, 2.24) is 20.0 Å². The van der Waals surface area contributed by atoms with Gasteiger partial charge in [0, 0.05) is 19.1 Å². The van der Waals surface area contributed by atoms with E-state index in [9.17, 15) is 14.0 Å². The van der Waals surface area contributed by atoms with Gasteiger partial charge < -0.3 is 11.1 Å². The normalized spacial score (nSPS) is 15.6. The number of likely N-dealkylation sites (tertiary alicyclic amines) is 1. The molecule has 1 saturated heterocycles. The first kappa shape index (κ1) is 19.0. The second-order valence-electron chi connectivity index (χ2n) is 6.74. The molecule has 0 unspecified atom stereocenters. The highest BCUT2D eigenvalue weighted by Crippen LogP contribution is 2.17. The topological polar surface area (TPSA) is 93.2 Å². The molecule has 8 heteroatoms. The zero-order valence-electron chi connectivity index (χ0n) is 15.3. The average Bonchev–Trinajstić information content (AvgIpc) is 3.07. The van der Waals surface area contributed by atoms with Crippen LogP contribution in [0.5, 0.6) is 0 Å². The summed E-state index contributed by atoms with van der Waals surface area (Å²) in [4.78, 5) is 25.7. The van der Waals surface area contributed by atoms with Crippen molar-refractivity contribution in [3.8, 4) is 5.69 Å². The fourth-order valence-electron chi connectivity index (χ4n) is 3.43. The van der Waals surface area contributed by atoms with E-state index in [0.717, 1.165) is 31.6 Å². The van der Waals surface area contributed by atoms with Gasteiger partial charge >= 0.3 is 0 Å². The summed E-state index contributed by atoms with van der Waals surface area (Å²) in [6.07, 6.45) is 3.72. The van der Waals surface area contributed by atoms with Crippen LogP contribution in [0.4, 0.5) is 4.39 Å². The molecule has 0 saturated carbocycles. The molecule has 1 aliphatic heterocycles. The van der Waals surface area contributed by atoms with Crippen molar-refractivity contribution < 1.29 is 14.0 Å². The molecule has 1 aliphatic rings. The Bertz CT molecular complexity index is 810. The van der Waals surface area contributed by atoms with E-state index in [-0.39, 0.29) is 30.2 Å². The third-order valence-corrected chi connectivity index (χ3v) is 4.82. The van der Waals surface area contributed by atoms with Crippen LogP contribution in [-0.4, -0.2) is 52.2 Å². The Morgan fingerprint density at radius 3 is 2.52 bits per heavy atom. The maximum Gasteiger partial charge on any atom is 0.254 e. The van der Waals surface area contributed by atoms with Gasteiger partial charge in [-0.3, -0.25) is 14.5 Å². The Balaban J connectivity index is 1.67. The van der Waals surface area contributed by atoms with Gasteiger partial charge in [-0.2, -0.15) is 5.10 Å². The van der Waals surface area contributed by atoms with E-state index in [1.54, 1.807) is 23.0 Å². The lowest BCUT2D eigenvalue weighted by molar-refractivity contribution is -0.119. The first-order valence-electron chi connectivity index (χ1n) is 9.12. The SMILES string of the molecule is CCc1c(C(=O)NC2CCN(CC(N)=O)CC2)cnn1-c1ccc(F)cc1. The first-order valence-corrected chi connectivity index (χ1v) is 9.12. The summed E-state index contributed by atoms with van der Waals surface area (Å²) in [6.45, 7) is 3.66. The monoisotopic (exact) mass is 373 g/mol. The zero-order valence-corrected chi connectivity index (χ0v) is 15.3. The molecule has 0 spiro atoms. The van der Waals surface area contributed by atoms with Crippen molar-refractivity contribution in [2.45, 2.75) is 32.2 Å². The summed E-state index contributed by atoms with van der Waals surface area (Å²) < 4.78 is 14.8. The lowest BCUT2D eigenvalue weighted by Crippen LogP contribution is -2.46. The van der Waals surface area contributed by atoms with Gasteiger partial charge in [-0.05, 0) is 43.5 Å². The highest BCUT2D eigenvalue weighted by molar-refractivity contribution is 5.95. The van der Waals surface area contributed by atoms with E-state index in [0.29, 0.717) is 17.7 Å². The number of nitrogens with two attached hydrogens (primary N) is 1. The number of nitrogens with one attached hydrogen (secondary N) is 1. The summed E-state index contributed by atoms with van der Waals surface area (Å²) in [5, 5.41) is 7.38. The van der Waals surface area contributed by atoms with Gasteiger partial charge in [-0.15, -0.1) is 0 Å². The predicted molar refractivity (Wildman–Crippen MR) is 99.0 cm³/mol. The Labute approximate surface area is 157 Å². The van der Waals surface area contributed by atoms with E-state index in [4.69, 9.17) is 5.73 Å². The number of rotatable bonds is 6. The van der Waals surface area contributed by atoms with Gasteiger partial charge in [-0.1, -0.05) is 6.92 Å². The van der Waals surface area contributed by atoms with Gasteiger partial charge in [0.1, 0.15) is 5.82 Å². The number of primary amides is 1. The van der Waals surface area contributed by atoms with Crippen molar-refractivity contribution >= 4 is 11.8 Å². The van der Waals surface area contributed by atoms with Crippen LogP contribution < -0.4 is 11.1 Å². The minimum absolute atomic E-state index is 0.0560. The number of carbonyl (C=O) groups is 2. The zero-order chi connectivity index (χ0) is 19.4. The molecule has 0 bridgehead atoms. The third-order valence-electron chi connectivity index (χ3n) is 4.82. The molecule has 2 heterocycles. The van der Waals surface area contributed by atoms with Gasteiger partial charge in [0.15, 0.2) is 0 Å². The van der Waals surface area contributed by atoms with Crippen molar-refractivity contribution in [1.29, 1.82) is 0 Å². The minimum atomic E-state index is -0.335. The molecule has 1 fully saturated rings. The van der Waals surface area contributed by atoms with Gasteiger partial charge in [0.05, 0.1) is 29.7 Å². The third kappa shape index (κ3) is 4.51. The standard InChI is InChI=1S/C19H24FN5O2/c1-2-17-16(11-22-25(17)15-5-3-13(20)4-6-15)19(27)23-14-7-9-24(10-8-14)12-18(21)26/h3-6,11,14H,2,7-10,12H2,1H3,(H2,21,26)(H,23,27). The van der Waals surface area contributed by atoms with Crippen molar-refractivity contribution in [2.75, 3.05) is 19.6 Å². The minimum Gasteiger partial charge on any atom is -0.369 e. The maximum atomic E-state index is 13.2. The summed E-state index contributed by atoms with van der Waals surface area (Å²) in [5.74, 6) is -0.809. The molecular weight excluding hydrogens is 349 g/mol. The first-order chi connectivity index (χ1) is 13.0. The molecule has 0 aliphatic carbocycles. The number of halogens is 1. The molecule has 3 rings (SSSR count). The van der Waals surface area contributed by atoms with Crippen LogP contribution in [-0.2, 0) is 11.2 Å². The molecule has 27 heavy (non-hydrogen) atoms. The van der Waals surface area contributed by atoms with E-state index in [1.165, 1.54) is 12.1 Å². The summed E-state index contributed by atoms with van der Waals surface area (Å²) in [7, 11) is 0. The number of benzene rings is 1. The van der Waals surface area contributed by atoms with Crippen LogP contribution in [0.3, 0.4) is 0 Å². The van der Waals surface area contributed by atoms with E-state index < -0.39 is 0 Å². The van der Waals surface area contributed by atoms with E-state index >= 15 is 0 Å². The van der Waals surface area contributed by atoms with Crippen LogP contribution in [0.15, 0.2) is 30.5 Å². The van der Waals surface area contributed by atoms with Crippen molar-refractivity contribution in [3.63, 3.8) is 0 Å². The molecule has 0 atom stereocenters.